The summed E-state index contributed by atoms with van der Waals surface area (Å²) in [5.74, 6) is 0.308. The van der Waals surface area contributed by atoms with E-state index < -0.39 is 0 Å². The zero-order valence-electron chi connectivity index (χ0n) is 7.75. The summed E-state index contributed by atoms with van der Waals surface area (Å²) in [6, 6.07) is 3.59. The number of pyridine rings is 1. The fourth-order valence-corrected chi connectivity index (χ4v) is 0.775. The molecule has 13 heavy (non-hydrogen) atoms. The van der Waals surface area contributed by atoms with Crippen LogP contribution in [0.4, 0.5) is 4.39 Å². The molecule has 0 aromatic carbocycles. The van der Waals surface area contributed by atoms with Crippen molar-refractivity contribution in [2.24, 2.45) is 0 Å². The lowest BCUT2D eigenvalue weighted by Gasteiger charge is -2.03. The van der Waals surface area contributed by atoms with E-state index in [1.165, 1.54) is 6.08 Å². The Balaban J connectivity index is 2.51. The summed E-state index contributed by atoms with van der Waals surface area (Å²) in [4.78, 5) is 4.02. The lowest BCUT2D eigenvalue weighted by Crippen LogP contribution is -1.97. The van der Waals surface area contributed by atoms with Gasteiger partial charge >= 0.3 is 0 Å². The fourth-order valence-electron chi connectivity index (χ4n) is 0.775. The van der Waals surface area contributed by atoms with Gasteiger partial charge in [0.2, 0.25) is 0 Å². The first-order valence-corrected chi connectivity index (χ1v) is 4.08. The number of nitrogens with zero attached hydrogens (tertiary/aromatic N) is 1. The number of rotatable bonds is 3. The molecule has 0 N–H and O–H groups in total. The summed E-state index contributed by atoms with van der Waals surface area (Å²) < 4.78 is 17.7. The minimum absolute atomic E-state index is 0.0265. The van der Waals surface area contributed by atoms with Crippen LogP contribution in [0, 0.1) is 6.92 Å². The molecule has 0 aliphatic carbocycles. The second-order valence-corrected chi connectivity index (χ2v) is 2.66. The SMILES string of the molecule is C/C=C(/F)COc1ccc(C)nc1. The van der Waals surface area contributed by atoms with Crippen LogP contribution >= 0.6 is 0 Å². The zero-order valence-corrected chi connectivity index (χ0v) is 7.75. The van der Waals surface area contributed by atoms with Crippen LogP contribution in [0.3, 0.4) is 0 Å². The smallest absolute Gasteiger partial charge is 0.139 e. The molecule has 3 heteroatoms. The molecule has 0 amide bonds. The van der Waals surface area contributed by atoms with E-state index in [4.69, 9.17) is 4.74 Å². The van der Waals surface area contributed by atoms with Crippen molar-refractivity contribution >= 4 is 0 Å². The van der Waals surface area contributed by atoms with E-state index in [-0.39, 0.29) is 12.4 Å². The van der Waals surface area contributed by atoms with Gasteiger partial charge in [0.1, 0.15) is 18.2 Å². The lowest BCUT2D eigenvalue weighted by molar-refractivity contribution is 0.317. The molecule has 0 spiro atoms. The van der Waals surface area contributed by atoms with Gasteiger partial charge in [-0.05, 0) is 26.0 Å². The predicted octanol–water partition coefficient (Wildman–Crippen LogP) is 2.64. The largest absolute Gasteiger partial charge is 0.485 e. The van der Waals surface area contributed by atoms with E-state index in [9.17, 15) is 4.39 Å². The molecule has 2 nitrogen and oxygen atoms in total. The van der Waals surface area contributed by atoms with Crippen molar-refractivity contribution < 1.29 is 9.13 Å². The molecule has 1 rings (SSSR count). The fraction of sp³-hybridized carbons (Fsp3) is 0.300. The molecule has 0 aliphatic heterocycles. The van der Waals surface area contributed by atoms with Gasteiger partial charge in [0.25, 0.3) is 0 Å². The van der Waals surface area contributed by atoms with Crippen LogP contribution in [-0.4, -0.2) is 11.6 Å². The van der Waals surface area contributed by atoms with Crippen molar-refractivity contribution in [3.05, 3.63) is 35.9 Å². The number of aryl methyl sites for hydroxylation is 1. The van der Waals surface area contributed by atoms with Gasteiger partial charge in [-0.3, -0.25) is 4.98 Å². The van der Waals surface area contributed by atoms with Crippen LogP contribution in [0.2, 0.25) is 0 Å². The average molecular weight is 181 g/mol. The predicted molar refractivity (Wildman–Crippen MR) is 49.3 cm³/mol. The third-order valence-electron chi connectivity index (χ3n) is 1.57. The Morgan fingerprint density at radius 2 is 2.38 bits per heavy atom. The van der Waals surface area contributed by atoms with E-state index in [0.29, 0.717) is 5.75 Å². The first kappa shape index (κ1) is 9.71. The Bertz CT molecular complexity index is 292. The molecule has 0 radical (unpaired) electrons. The molecule has 0 unspecified atom stereocenters. The average Bonchev–Trinajstić information content (AvgIpc) is 2.16. The lowest BCUT2D eigenvalue weighted by atomic mass is 10.4. The minimum atomic E-state index is -0.277. The van der Waals surface area contributed by atoms with Crippen molar-refractivity contribution in [3.63, 3.8) is 0 Å². The van der Waals surface area contributed by atoms with E-state index in [1.807, 2.05) is 13.0 Å². The molecule has 1 heterocycles. The zero-order chi connectivity index (χ0) is 9.68. The molecular formula is C10H12FNO. The first-order chi connectivity index (χ1) is 6.22. The van der Waals surface area contributed by atoms with E-state index >= 15 is 0 Å². The van der Waals surface area contributed by atoms with Crippen molar-refractivity contribution in [3.8, 4) is 5.75 Å². The molecule has 0 atom stereocenters. The molecule has 0 bridgehead atoms. The Hall–Kier alpha value is -1.38. The summed E-state index contributed by atoms with van der Waals surface area (Å²) in [6.45, 7) is 3.49. The minimum Gasteiger partial charge on any atom is -0.485 e. The normalized spacial score (nSPS) is 11.5. The van der Waals surface area contributed by atoms with Gasteiger partial charge in [0, 0.05) is 5.69 Å². The highest BCUT2D eigenvalue weighted by atomic mass is 19.1. The highest BCUT2D eigenvalue weighted by Gasteiger charge is 1.96. The van der Waals surface area contributed by atoms with Crippen molar-refractivity contribution in [1.82, 2.24) is 4.98 Å². The van der Waals surface area contributed by atoms with Crippen molar-refractivity contribution in [2.75, 3.05) is 6.61 Å². The number of halogens is 1. The van der Waals surface area contributed by atoms with Crippen LogP contribution in [-0.2, 0) is 0 Å². The Labute approximate surface area is 77.1 Å². The summed E-state index contributed by atoms with van der Waals surface area (Å²) in [5.41, 5.74) is 0.916. The number of ether oxygens (including phenoxy) is 1. The standard InChI is InChI=1S/C10H12FNO/c1-3-9(11)7-13-10-5-4-8(2)12-6-10/h3-6H,7H2,1-2H3/b9-3+. The third kappa shape index (κ3) is 3.23. The van der Waals surface area contributed by atoms with Gasteiger partial charge in [-0.1, -0.05) is 6.08 Å². The maximum absolute atomic E-state index is 12.6. The quantitative estimate of drug-likeness (QED) is 0.715. The number of allylic oxidation sites excluding steroid dienone is 1. The molecule has 0 fully saturated rings. The van der Waals surface area contributed by atoms with Gasteiger partial charge in [0.15, 0.2) is 0 Å². The maximum atomic E-state index is 12.6. The topological polar surface area (TPSA) is 22.1 Å². The number of hydrogen-bond donors (Lipinski definition) is 0. The van der Waals surface area contributed by atoms with Crippen molar-refractivity contribution in [1.29, 1.82) is 0 Å². The van der Waals surface area contributed by atoms with Crippen LogP contribution in [0.5, 0.6) is 5.75 Å². The Kier molecular flexibility index (Phi) is 3.43. The second kappa shape index (κ2) is 4.60. The van der Waals surface area contributed by atoms with Gasteiger partial charge in [-0.2, -0.15) is 0 Å². The van der Waals surface area contributed by atoms with Crippen LogP contribution in [0.25, 0.3) is 0 Å². The Morgan fingerprint density at radius 3 is 2.92 bits per heavy atom. The second-order valence-electron chi connectivity index (χ2n) is 2.66. The number of aromatic nitrogens is 1. The number of hydrogen-bond acceptors (Lipinski definition) is 2. The molecule has 0 saturated carbocycles. The van der Waals surface area contributed by atoms with Gasteiger partial charge in [-0.25, -0.2) is 4.39 Å². The van der Waals surface area contributed by atoms with E-state index in [1.54, 1.807) is 19.2 Å². The van der Waals surface area contributed by atoms with E-state index in [2.05, 4.69) is 4.98 Å². The van der Waals surface area contributed by atoms with Crippen LogP contribution in [0.15, 0.2) is 30.2 Å². The first-order valence-electron chi connectivity index (χ1n) is 4.08. The highest BCUT2D eigenvalue weighted by molar-refractivity contribution is 5.19. The molecule has 0 aliphatic rings. The molecule has 1 aromatic heterocycles. The van der Waals surface area contributed by atoms with Gasteiger partial charge in [0.05, 0.1) is 6.20 Å². The summed E-state index contributed by atoms with van der Waals surface area (Å²) >= 11 is 0. The third-order valence-corrected chi connectivity index (χ3v) is 1.57. The van der Waals surface area contributed by atoms with Crippen molar-refractivity contribution in [2.45, 2.75) is 13.8 Å². The summed E-state index contributed by atoms with van der Waals surface area (Å²) in [5, 5.41) is 0. The monoisotopic (exact) mass is 181 g/mol. The maximum Gasteiger partial charge on any atom is 0.139 e. The summed E-state index contributed by atoms with van der Waals surface area (Å²) in [7, 11) is 0. The van der Waals surface area contributed by atoms with E-state index in [0.717, 1.165) is 5.69 Å². The van der Waals surface area contributed by atoms with Gasteiger partial charge in [-0.15, -0.1) is 0 Å². The molecule has 0 saturated heterocycles. The van der Waals surface area contributed by atoms with Gasteiger partial charge < -0.3 is 4.74 Å². The Morgan fingerprint density at radius 1 is 1.62 bits per heavy atom. The molecule has 1 aromatic rings. The van der Waals surface area contributed by atoms with Crippen LogP contribution in [0.1, 0.15) is 12.6 Å². The van der Waals surface area contributed by atoms with Crippen LogP contribution < -0.4 is 4.74 Å². The molecule has 70 valence electrons. The molecular weight excluding hydrogens is 169 g/mol. The highest BCUT2D eigenvalue weighted by Crippen LogP contribution is 2.10. The summed E-state index contributed by atoms with van der Waals surface area (Å²) in [6.07, 6.45) is 2.96.